The number of imidazole rings is 1. The van der Waals surface area contributed by atoms with E-state index < -0.39 is 0 Å². The van der Waals surface area contributed by atoms with Crippen LogP contribution in [0.4, 0.5) is 5.82 Å². The zero-order valence-electron chi connectivity index (χ0n) is 17.6. The van der Waals surface area contributed by atoms with Crippen molar-refractivity contribution in [1.29, 1.82) is 0 Å². The Balaban J connectivity index is 1.82. The van der Waals surface area contributed by atoms with Gasteiger partial charge in [-0.2, -0.15) is 15.0 Å². The molecule has 3 rings (SSSR count). The molecule has 1 unspecified atom stereocenters. The van der Waals surface area contributed by atoms with E-state index in [1.54, 1.807) is 7.11 Å². The van der Waals surface area contributed by atoms with Gasteiger partial charge in [0.15, 0.2) is 17.0 Å². The SMILES string of the molecule is CCC[C@H](C)Oc1nc(N)c2nc(OC)n(CCC3CCCN(CC)C3)c2n1. The molecule has 0 amide bonds. The van der Waals surface area contributed by atoms with Gasteiger partial charge in [-0.15, -0.1) is 0 Å². The number of hydrogen-bond acceptors (Lipinski definition) is 7. The Hall–Kier alpha value is -2.09. The van der Waals surface area contributed by atoms with Crippen LogP contribution in [0.5, 0.6) is 12.0 Å². The van der Waals surface area contributed by atoms with E-state index in [9.17, 15) is 0 Å². The van der Waals surface area contributed by atoms with E-state index in [-0.39, 0.29) is 6.10 Å². The Bertz CT molecular complexity index is 778. The quantitative estimate of drug-likeness (QED) is 0.703. The molecule has 2 atom stereocenters. The molecular weight excluding hydrogens is 356 g/mol. The number of aryl methyl sites for hydroxylation is 1. The van der Waals surface area contributed by atoms with Crippen molar-refractivity contribution in [2.75, 3.05) is 32.5 Å². The zero-order valence-corrected chi connectivity index (χ0v) is 17.6. The van der Waals surface area contributed by atoms with Gasteiger partial charge < -0.3 is 20.1 Å². The monoisotopic (exact) mass is 390 g/mol. The summed E-state index contributed by atoms with van der Waals surface area (Å²) in [6.45, 7) is 10.7. The third-order valence-electron chi connectivity index (χ3n) is 5.56. The maximum absolute atomic E-state index is 6.15. The first-order valence-corrected chi connectivity index (χ1v) is 10.5. The molecule has 28 heavy (non-hydrogen) atoms. The van der Waals surface area contributed by atoms with Crippen LogP contribution in [0, 0.1) is 5.92 Å². The first-order valence-electron chi connectivity index (χ1n) is 10.5. The van der Waals surface area contributed by atoms with E-state index in [2.05, 4.69) is 33.7 Å². The summed E-state index contributed by atoms with van der Waals surface area (Å²) in [5, 5.41) is 0. The van der Waals surface area contributed by atoms with Gasteiger partial charge in [0.05, 0.1) is 13.2 Å². The molecule has 0 saturated carbocycles. The third-order valence-corrected chi connectivity index (χ3v) is 5.56. The van der Waals surface area contributed by atoms with Crippen LogP contribution in [0.1, 0.15) is 52.9 Å². The number of nitrogen functional groups attached to an aromatic ring is 1. The van der Waals surface area contributed by atoms with E-state index >= 15 is 0 Å². The lowest BCUT2D eigenvalue weighted by Crippen LogP contribution is -2.35. The summed E-state index contributed by atoms with van der Waals surface area (Å²) in [4.78, 5) is 15.9. The number of nitrogens with two attached hydrogens (primary N) is 1. The molecule has 1 saturated heterocycles. The van der Waals surface area contributed by atoms with Crippen molar-refractivity contribution in [2.24, 2.45) is 5.92 Å². The predicted octanol–water partition coefficient (Wildman–Crippen LogP) is 3.11. The number of piperidine rings is 1. The van der Waals surface area contributed by atoms with Crippen molar-refractivity contribution in [3.8, 4) is 12.0 Å². The highest BCUT2D eigenvalue weighted by molar-refractivity contribution is 5.83. The Morgan fingerprint density at radius 2 is 2.07 bits per heavy atom. The van der Waals surface area contributed by atoms with Crippen molar-refractivity contribution in [3.63, 3.8) is 0 Å². The van der Waals surface area contributed by atoms with Crippen molar-refractivity contribution in [3.05, 3.63) is 0 Å². The van der Waals surface area contributed by atoms with Gasteiger partial charge in [-0.05, 0) is 51.6 Å². The number of fused-ring (bicyclic) bond motifs is 1. The van der Waals surface area contributed by atoms with Crippen molar-refractivity contribution < 1.29 is 9.47 Å². The molecule has 2 N–H and O–H groups in total. The minimum atomic E-state index is 0.0439. The number of aromatic nitrogens is 4. The van der Waals surface area contributed by atoms with Crippen LogP contribution in [0.25, 0.3) is 11.2 Å². The smallest absolute Gasteiger partial charge is 0.320 e. The summed E-state index contributed by atoms with van der Waals surface area (Å²) < 4.78 is 13.4. The zero-order chi connectivity index (χ0) is 20.1. The standard InChI is InChI=1S/C20H34N6O2/c1-5-8-14(3)28-19-23-17(21)16-18(24-19)26(20(22-16)27-4)12-10-15-9-7-11-25(6-2)13-15/h14-15H,5-13H2,1-4H3,(H2,21,23,24)/t14-,15?/m0/s1. The molecule has 0 radical (unpaired) electrons. The molecule has 1 aliphatic heterocycles. The van der Waals surface area contributed by atoms with Gasteiger partial charge in [-0.3, -0.25) is 4.57 Å². The molecule has 1 fully saturated rings. The van der Waals surface area contributed by atoms with E-state index in [0.717, 1.165) is 38.9 Å². The number of nitrogens with zero attached hydrogens (tertiary/aromatic N) is 5. The predicted molar refractivity (Wildman–Crippen MR) is 111 cm³/mol. The molecule has 2 aromatic rings. The fraction of sp³-hybridized carbons (Fsp3) is 0.750. The fourth-order valence-electron chi connectivity index (χ4n) is 4.02. The van der Waals surface area contributed by atoms with Crippen LogP contribution < -0.4 is 15.2 Å². The topological polar surface area (TPSA) is 91.3 Å². The molecule has 8 nitrogen and oxygen atoms in total. The van der Waals surface area contributed by atoms with Crippen LogP contribution >= 0.6 is 0 Å². The minimum Gasteiger partial charge on any atom is -0.468 e. The number of rotatable bonds is 9. The van der Waals surface area contributed by atoms with Crippen LogP contribution in [0.3, 0.4) is 0 Å². The number of ether oxygens (including phenoxy) is 2. The first-order chi connectivity index (χ1) is 13.5. The Morgan fingerprint density at radius 1 is 1.25 bits per heavy atom. The van der Waals surface area contributed by atoms with Gasteiger partial charge in [0, 0.05) is 13.1 Å². The molecule has 0 bridgehead atoms. The lowest BCUT2D eigenvalue weighted by atomic mass is 9.95. The molecule has 0 spiro atoms. The minimum absolute atomic E-state index is 0.0439. The fourth-order valence-corrected chi connectivity index (χ4v) is 4.02. The molecular formula is C20H34N6O2. The highest BCUT2D eigenvalue weighted by Crippen LogP contribution is 2.28. The maximum Gasteiger partial charge on any atom is 0.320 e. The lowest BCUT2D eigenvalue weighted by Gasteiger charge is -2.31. The van der Waals surface area contributed by atoms with Gasteiger partial charge >= 0.3 is 6.01 Å². The summed E-state index contributed by atoms with van der Waals surface area (Å²) in [5.41, 5.74) is 7.41. The largest absolute Gasteiger partial charge is 0.468 e. The Kier molecular flexibility index (Phi) is 6.93. The third kappa shape index (κ3) is 4.66. The van der Waals surface area contributed by atoms with Crippen LogP contribution in [0.15, 0.2) is 0 Å². The van der Waals surface area contributed by atoms with Gasteiger partial charge in [0.25, 0.3) is 6.01 Å². The van der Waals surface area contributed by atoms with E-state index in [4.69, 9.17) is 15.2 Å². The summed E-state index contributed by atoms with van der Waals surface area (Å²) in [6, 6.07) is 0.836. The van der Waals surface area contributed by atoms with E-state index in [1.807, 2.05) is 11.5 Å². The summed E-state index contributed by atoms with van der Waals surface area (Å²) in [7, 11) is 1.63. The lowest BCUT2D eigenvalue weighted by molar-refractivity contribution is 0.171. The second-order valence-electron chi connectivity index (χ2n) is 7.72. The van der Waals surface area contributed by atoms with Gasteiger partial charge in [-0.1, -0.05) is 20.3 Å². The Morgan fingerprint density at radius 3 is 2.79 bits per heavy atom. The molecule has 3 heterocycles. The molecule has 0 aromatic carbocycles. The van der Waals surface area contributed by atoms with Crippen molar-refractivity contribution >= 4 is 17.0 Å². The van der Waals surface area contributed by atoms with Gasteiger partial charge in [0.1, 0.15) is 0 Å². The van der Waals surface area contributed by atoms with Gasteiger partial charge in [0.2, 0.25) is 0 Å². The highest BCUT2D eigenvalue weighted by atomic mass is 16.5. The van der Waals surface area contributed by atoms with Crippen LogP contribution in [0.2, 0.25) is 0 Å². The number of likely N-dealkylation sites (tertiary alicyclic amines) is 1. The second kappa shape index (κ2) is 9.41. The summed E-state index contributed by atoms with van der Waals surface area (Å²) in [5.74, 6) is 1.01. The molecule has 2 aromatic heterocycles. The van der Waals surface area contributed by atoms with E-state index in [1.165, 1.54) is 19.4 Å². The average Bonchev–Trinajstić information content (AvgIpc) is 3.05. The number of methoxy groups -OCH3 is 1. The average molecular weight is 391 g/mol. The molecule has 156 valence electrons. The van der Waals surface area contributed by atoms with E-state index in [0.29, 0.717) is 34.9 Å². The van der Waals surface area contributed by atoms with Gasteiger partial charge in [-0.25, -0.2) is 0 Å². The van der Waals surface area contributed by atoms with Crippen molar-refractivity contribution in [2.45, 2.75) is 65.5 Å². The van der Waals surface area contributed by atoms with Crippen LogP contribution in [-0.2, 0) is 6.54 Å². The molecule has 0 aliphatic carbocycles. The highest BCUT2D eigenvalue weighted by Gasteiger charge is 2.22. The normalized spacial score (nSPS) is 19.1. The number of hydrogen-bond donors (Lipinski definition) is 1. The summed E-state index contributed by atoms with van der Waals surface area (Å²) in [6.07, 6.45) is 5.63. The van der Waals surface area contributed by atoms with Crippen LogP contribution in [-0.4, -0.2) is 57.3 Å². The maximum atomic E-state index is 6.15. The number of anilines is 1. The second-order valence-corrected chi connectivity index (χ2v) is 7.72. The Labute approximate surface area is 167 Å². The molecule has 8 heteroatoms. The van der Waals surface area contributed by atoms with Crippen molar-refractivity contribution in [1.82, 2.24) is 24.4 Å². The summed E-state index contributed by atoms with van der Waals surface area (Å²) >= 11 is 0. The first kappa shape index (κ1) is 20.6. The molecule has 1 aliphatic rings.